The molecule has 0 radical (unpaired) electrons. The van der Waals surface area contributed by atoms with Crippen LogP contribution in [0.25, 0.3) is 0 Å². The number of hydrogen-bond acceptors (Lipinski definition) is 1. The highest BCUT2D eigenvalue weighted by Crippen LogP contribution is 2.29. The first kappa shape index (κ1) is 14.3. The molecule has 1 aliphatic heterocycles. The third-order valence-electron chi connectivity index (χ3n) is 4.72. The fourth-order valence-corrected chi connectivity index (χ4v) is 3.31. The third-order valence-corrected chi connectivity index (χ3v) is 4.72. The van der Waals surface area contributed by atoms with Crippen LogP contribution in [0.4, 0.5) is 0 Å². The maximum Gasteiger partial charge on any atom is 0.0388 e. The third kappa shape index (κ3) is 3.74. The van der Waals surface area contributed by atoms with E-state index >= 15 is 0 Å². The van der Waals surface area contributed by atoms with E-state index in [1.165, 1.54) is 37.1 Å². The first-order valence-corrected chi connectivity index (χ1v) is 8.16. The smallest absolute Gasteiger partial charge is 0.0388 e. The van der Waals surface area contributed by atoms with E-state index in [0.29, 0.717) is 6.04 Å². The standard InChI is InChI=1S/C20H25N/c1-17-12-14-21(15-13-17)20(19-10-6-3-7-11-19)16-18-8-4-2-5-9-18/h2-11,17,20H,12-16H2,1H3/t20-/m0/s1. The van der Waals surface area contributed by atoms with E-state index in [4.69, 9.17) is 0 Å². The summed E-state index contributed by atoms with van der Waals surface area (Å²) in [5, 5.41) is 0. The summed E-state index contributed by atoms with van der Waals surface area (Å²) >= 11 is 0. The van der Waals surface area contributed by atoms with Crippen molar-refractivity contribution < 1.29 is 0 Å². The van der Waals surface area contributed by atoms with Gasteiger partial charge in [0.25, 0.3) is 0 Å². The maximum atomic E-state index is 2.68. The molecule has 1 heterocycles. The molecule has 0 spiro atoms. The summed E-state index contributed by atoms with van der Waals surface area (Å²) in [6.07, 6.45) is 3.77. The number of piperidine rings is 1. The van der Waals surface area contributed by atoms with Gasteiger partial charge in [-0.05, 0) is 49.4 Å². The van der Waals surface area contributed by atoms with Gasteiger partial charge in [-0.2, -0.15) is 0 Å². The van der Waals surface area contributed by atoms with Crippen LogP contribution in [-0.2, 0) is 6.42 Å². The van der Waals surface area contributed by atoms with Crippen LogP contribution in [-0.4, -0.2) is 18.0 Å². The average molecular weight is 279 g/mol. The Labute approximate surface area is 128 Å². The molecule has 0 unspecified atom stereocenters. The van der Waals surface area contributed by atoms with E-state index in [0.717, 1.165) is 12.3 Å². The Hall–Kier alpha value is -1.60. The molecule has 21 heavy (non-hydrogen) atoms. The molecule has 1 heteroatoms. The summed E-state index contributed by atoms with van der Waals surface area (Å²) < 4.78 is 0. The first-order chi connectivity index (χ1) is 10.3. The summed E-state index contributed by atoms with van der Waals surface area (Å²) in [4.78, 5) is 2.68. The second-order valence-electron chi connectivity index (χ2n) is 6.33. The number of nitrogens with zero attached hydrogens (tertiary/aromatic N) is 1. The van der Waals surface area contributed by atoms with Crippen LogP contribution >= 0.6 is 0 Å². The second kappa shape index (κ2) is 6.91. The second-order valence-corrected chi connectivity index (χ2v) is 6.33. The van der Waals surface area contributed by atoms with E-state index in [9.17, 15) is 0 Å². The minimum absolute atomic E-state index is 0.515. The lowest BCUT2D eigenvalue weighted by atomic mass is 9.92. The van der Waals surface area contributed by atoms with Gasteiger partial charge in [0.2, 0.25) is 0 Å². The zero-order valence-corrected chi connectivity index (χ0v) is 12.9. The molecular formula is C20H25N. The Morgan fingerprint density at radius 2 is 1.48 bits per heavy atom. The molecule has 1 fully saturated rings. The zero-order valence-electron chi connectivity index (χ0n) is 12.9. The van der Waals surface area contributed by atoms with Crippen LogP contribution in [0.3, 0.4) is 0 Å². The molecule has 0 bridgehead atoms. The molecule has 2 aromatic rings. The van der Waals surface area contributed by atoms with E-state index in [1.54, 1.807) is 0 Å². The highest BCUT2D eigenvalue weighted by molar-refractivity contribution is 5.24. The lowest BCUT2D eigenvalue weighted by molar-refractivity contribution is 0.137. The molecule has 1 nitrogen and oxygen atoms in total. The zero-order chi connectivity index (χ0) is 14.5. The normalized spacial score (nSPS) is 18.5. The van der Waals surface area contributed by atoms with Gasteiger partial charge in [0, 0.05) is 6.04 Å². The molecular weight excluding hydrogens is 254 g/mol. The fraction of sp³-hybridized carbons (Fsp3) is 0.400. The molecule has 0 N–H and O–H groups in total. The SMILES string of the molecule is CC1CCN([C@@H](Cc2ccccc2)c2ccccc2)CC1. The van der Waals surface area contributed by atoms with Crippen molar-refractivity contribution in [2.24, 2.45) is 5.92 Å². The molecule has 1 saturated heterocycles. The Bertz CT molecular complexity index is 526. The van der Waals surface area contributed by atoms with Crippen LogP contribution in [0.2, 0.25) is 0 Å². The molecule has 3 rings (SSSR count). The minimum Gasteiger partial charge on any atom is -0.296 e. The largest absolute Gasteiger partial charge is 0.296 e. The van der Waals surface area contributed by atoms with Crippen molar-refractivity contribution >= 4 is 0 Å². The molecule has 0 aromatic heterocycles. The highest BCUT2D eigenvalue weighted by atomic mass is 15.2. The number of hydrogen-bond donors (Lipinski definition) is 0. The van der Waals surface area contributed by atoms with Gasteiger partial charge in [0.1, 0.15) is 0 Å². The number of likely N-dealkylation sites (tertiary alicyclic amines) is 1. The van der Waals surface area contributed by atoms with Gasteiger partial charge in [-0.15, -0.1) is 0 Å². The van der Waals surface area contributed by atoms with Crippen LogP contribution in [0.5, 0.6) is 0 Å². The monoisotopic (exact) mass is 279 g/mol. The average Bonchev–Trinajstić information content (AvgIpc) is 2.55. The number of rotatable bonds is 4. The van der Waals surface area contributed by atoms with Crippen molar-refractivity contribution in [3.63, 3.8) is 0 Å². The summed E-state index contributed by atoms with van der Waals surface area (Å²) in [7, 11) is 0. The molecule has 1 aliphatic rings. The maximum absolute atomic E-state index is 2.68. The highest BCUT2D eigenvalue weighted by Gasteiger charge is 2.24. The number of benzene rings is 2. The van der Waals surface area contributed by atoms with E-state index < -0.39 is 0 Å². The topological polar surface area (TPSA) is 3.24 Å². The summed E-state index contributed by atoms with van der Waals surface area (Å²) in [5.41, 5.74) is 2.89. The van der Waals surface area contributed by atoms with E-state index in [1.807, 2.05) is 0 Å². The molecule has 0 saturated carbocycles. The van der Waals surface area contributed by atoms with Crippen molar-refractivity contribution in [3.8, 4) is 0 Å². The van der Waals surface area contributed by atoms with Crippen molar-refractivity contribution in [2.45, 2.75) is 32.2 Å². The Kier molecular flexibility index (Phi) is 4.72. The fourth-order valence-electron chi connectivity index (χ4n) is 3.31. The molecule has 1 atom stereocenters. The van der Waals surface area contributed by atoms with Crippen molar-refractivity contribution in [2.75, 3.05) is 13.1 Å². The van der Waals surface area contributed by atoms with Gasteiger partial charge in [-0.3, -0.25) is 4.90 Å². The predicted molar refractivity (Wildman–Crippen MR) is 89.3 cm³/mol. The Morgan fingerprint density at radius 1 is 0.905 bits per heavy atom. The van der Waals surface area contributed by atoms with Crippen LogP contribution in [0.15, 0.2) is 60.7 Å². The summed E-state index contributed by atoms with van der Waals surface area (Å²) in [6.45, 7) is 4.84. The predicted octanol–water partition coefficient (Wildman–Crippen LogP) is 4.70. The van der Waals surface area contributed by atoms with Crippen molar-refractivity contribution in [1.82, 2.24) is 4.90 Å². The summed E-state index contributed by atoms with van der Waals surface area (Å²) in [6, 6.07) is 22.4. The summed E-state index contributed by atoms with van der Waals surface area (Å²) in [5.74, 6) is 0.884. The van der Waals surface area contributed by atoms with E-state index in [2.05, 4.69) is 72.5 Å². The van der Waals surface area contributed by atoms with Crippen LogP contribution < -0.4 is 0 Å². The molecule has 2 aromatic carbocycles. The molecule has 0 amide bonds. The Morgan fingerprint density at radius 3 is 2.10 bits per heavy atom. The first-order valence-electron chi connectivity index (χ1n) is 8.16. The lowest BCUT2D eigenvalue weighted by Gasteiger charge is -2.37. The lowest BCUT2D eigenvalue weighted by Crippen LogP contribution is -2.37. The van der Waals surface area contributed by atoms with Crippen LogP contribution in [0, 0.1) is 5.92 Å². The van der Waals surface area contributed by atoms with Crippen LogP contribution in [0.1, 0.15) is 36.9 Å². The van der Waals surface area contributed by atoms with Crippen molar-refractivity contribution in [1.29, 1.82) is 0 Å². The van der Waals surface area contributed by atoms with E-state index in [-0.39, 0.29) is 0 Å². The van der Waals surface area contributed by atoms with Gasteiger partial charge >= 0.3 is 0 Å². The van der Waals surface area contributed by atoms with Gasteiger partial charge < -0.3 is 0 Å². The van der Waals surface area contributed by atoms with Gasteiger partial charge in [-0.25, -0.2) is 0 Å². The van der Waals surface area contributed by atoms with Gasteiger partial charge in [-0.1, -0.05) is 67.6 Å². The van der Waals surface area contributed by atoms with Crippen molar-refractivity contribution in [3.05, 3.63) is 71.8 Å². The quantitative estimate of drug-likeness (QED) is 0.784. The molecule has 110 valence electrons. The minimum atomic E-state index is 0.515. The molecule has 0 aliphatic carbocycles. The van der Waals surface area contributed by atoms with Gasteiger partial charge in [0.15, 0.2) is 0 Å². The Balaban J connectivity index is 1.81. The van der Waals surface area contributed by atoms with Gasteiger partial charge in [0.05, 0.1) is 0 Å².